The second-order valence-electron chi connectivity index (χ2n) is 7.37. The van der Waals surface area contributed by atoms with E-state index in [4.69, 9.17) is 15.3 Å². The van der Waals surface area contributed by atoms with Gasteiger partial charge in [-0.15, -0.1) is 5.10 Å². The van der Waals surface area contributed by atoms with Gasteiger partial charge in [-0.3, -0.25) is 0 Å². The Morgan fingerprint density at radius 3 is 2.53 bits per heavy atom. The number of fused-ring (bicyclic) bond motifs is 1. The lowest BCUT2D eigenvalue weighted by Gasteiger charge is -2.17. The summed E-state index contributed by atoms with van der Waals surface area (Å²) in [6.07, 6.45) is -0.0644. The van der Waals surface area contributed by atoms with Crippen molar-refractivity contribution < 1.29 is 14.6 Å². The fourth-order valence-corrected chi connectivity index (χ4v) is 3.14. The Labute approximate surface area is 176 Å². The number of methoxy groups -OCH3 is 1. The molecule has 1 aromatic heterocycles. The van der Waals surface area contributed by atoms with E-state index in [1.54, 1.807) is 7.11 Å². The predicted molar refractivity (Wildman–Crippen MR) is 118 cm³/mol. The molecule has 1 heterocycles. The van der Waals surface area contributed by atoms with Crippen molar-refractivity contribution in [3.63, 3.8) is 0 Å². The van der Waals surface area contributed by atoms with Gasteiger partial charge in [0.15, 0.2) is 5.82 Å². The highest BCUT2D eigenvalue weighted by molar-refractivity contribution is 5.97. The van der Waals surface area contributed by atoms with Crippen LogP contribution in [0.5, 0.6) is 11.5 Å². The molecule has 5 N–H and O–H groups in total. The molecule has 3 rings (SSSR count). The Morgan fingerprint density at radius 1 is 1.10 bits per heavy atom. The molecule has 30 heavy (non-hydrogen) atoms. The first kappa shape index (κ1) is 21.8. The molecule has 0 bridgehead atoms. The number of hydrazine groups is 1. The number of ether oxygens (including phenoxy) is 2. The van der Waals surface area contributed by atoms with Gasteiger partial charge in [0, 0.05) is 24.4 Å². The van der Waals surface area contributed by atoms with Gasteiger partial charge in [-0.2, -0.15) is 5.10 Å². The molecule has 2 aromatic carbocycles. The van der Waals surface area contributed by atoms with Gasteiger partial charge in [-0.1, -0.05) is 38.1 Å². The Morgan fingerprint density at radius 2 is 1.87 bits per heavy atom. The quantitative estimate of drug-likeness (QED) is 0.297. The van der Waals surface area contributed by atoms with Crippen LogP contribution in [0.4, 0.5) is 5.82 Å². The van der Waals surface area contributed by atoms with Gasteiger partial charge in [0.1, 0.15) is 24.2 Å². The van der Waals surface area contributed by atoms with E-state index in [1.165, 1.54) is 0 Å². The van der Waals surface area contributed by atoms with Crippen molar-refractivity contribution in [3.8, 4) is 11.5 Å². The first-order chi connectivity index (χ1) is 14.5. The summed E-state index contributed by atoms with van der Waals surface area (Å²) in [5.41, 5.74) is 4.42. The van der Waals surface area contributed by atoms with E-state index >= 15 is 0 Å². The lowest BCUT2D eigenvalue weighted by molar-refractivity contribution is 0.105. The molecule has 0 saturated carbocycles. The van der Waals surface area contributed by atoms with E-state index in [0.29, 0.717) is 30.6 Å². The predicted octanol–water partition coefficient (Wildman–Crippen LogP) is 2.25. The largest absolute Gasteiger partial charge is 0.497 e. The van der Waals surface area contributed by atoms with E-state index in [1.807, 2.05) is 56.3 Å². The smallest absolute Gasteiger partial charge is 0.170 e. The minimum Gasteiger partial charge on any atom is -0.497 e. The number of hydrogen-bond acceptors (Lipinski definition) is 8. The molecule has 0 spiro atoms. The van der Waals surface area contributed by atoms with E-state index in [9.17, 15) is 5.11 Å². The summed E-state index contributed by atoms with van der Waals surface area (Å²) in [6.45, 7) is 4.68. The molecule has 0 fully saturated rings. The number of nitrogens with two attached hydrogens (primary N) is 1. The van der Waals surface area contributed by atoms with Crippen LogP contribution in [-0.2, 0) is 6.42 Å². The maximum absolute atomic E-state index is 10.2. The molecular formula is C22H29N5O3. The van der Waals surface area contributed by atoms with Crippen LogP contribution >= 0.6 is 0 Å². The van der Waals surface area contributed by atoms with Crippen molar-refractivity contribution in [2.45, 2.75) is 32.4 Å². The van der Waals surface area contributed by atoms with E-state index < -0.39 is 6.10 Å². The Bertz CT molecular complexity index is 963. The average molecular weight is 412 g/mol. The van der Waals surface area contributed by atoms with Gasteiger partial charge in [0.25, 0.3) is 0 Å². The summed E-state index contributed by atoms with van der Waals surface area (Å²) in [5.74, 6) is 7.53. The topological polar surface area (TPSA) is 115 Å². The van der Waals surface area contributed by atoms with Crippen LogP contribution in [0.2, 0.25) is 0 Å². The molecule has 160 valence electrons. The lowest BCUT2D eigenvalue weighted by Crippen LogP contribution is -2.35. The summed E-state index contributed by atoms with van der Waals surface area (Å²) in [4.78, 5) is 0. The van der Waals surface area contributed by atoms with E-state index in [-0.39, 0.29) is 6.61 Å². The number of aliphatic hydroxyl groups is 1. The summed E-state index contributed by atoms with van der Waals surface area (Å²) in [7, 11) is 1.64. The number of aliphatic hydroxyl groups excluding tert-OH is 1. The standard InChI is InChI=1S/C22H29N5O3/c1-14(2)24-12-16(28)13-30-20-6-4-5-18-21(20)19(26-27-22(18)25-23)11-15-7-9-17(29-3)10-8-15/h4-10,14,16,24,28H,11-13,23H2,1-3H3,(H,25,27). The van der Waals surface area contributed by atoms with Gasteiger partial charge < -0.3 is 25.3 Å². The molecule has 0 saturated heterocycles. The number of benzene rings is 2. The normalized spacial score (nSPS) is 12.2. The van der Waals surface area contributed by atoms with Gasteiger partial charge in [-0.05, 0) is 23.8 Å². The number of nitrogens with zero attached hydrogens (tertiary/aromatic N) is 2. The van der Waals surface area contributed by atoms with Gasteiger partial charge in [0.05, 0.1) is 18.2 Å². The van der Waals surface area contributed by atoms with E-state index in [0.717, 1.165) is 27.8 Å². The number of hydrogen-bond donors (Lipinski definition) is 4. The highest BCUT2D eigenvalue weighted by Crippen LogP contribution is 2.32. The summed E-state index contributed by atoms with van der Waals surface area (Å²) in [5, 5.41) is 23.7. The molecule has 8 nitrogen and oxygen atoms in total. The number of anilines is 1. The lowest BCUT2D eigenvalue weighted by atomic mass is 10.0. The molecule has 8 heteroatoms. The first-order valence-corrected chi connectivity index (χ1v) is 9.94. The molecule has 0 radical (unpaired) electrons. The highest BCUT2D eigenvalue weighted by Gasteiger charge is 2.15. The fraction of sp³-hybridized carbons (Fsp3) is 0.364. The second-order valence-corrected chi connectivity index (χ2v) is 7.37. The molecule has 0 aliphatic carbocycles. The summed E-state index contributed by atoms with van der Waals surface area (Å²) in [6, 6.07) is 13.8. The monoisotopic (exact) mass is 411 g/mol. The number of nitrogens with one attached hydrogen (secondary N) is 2. The second kappa shape index (κ2) is 10.2. The van der Waals surface area contributed by atoms with Crippen molar-refractivity contribution in [1.82, 2.24) is 15.5 Å². The van der Waals surface area contributed by atoms with Gasteiger partial charge in [0.2, 0.25) is 0 Å². The SMILES string of the molecule is COc1ccc(Cc2nnc(NN)c3cccc(OCC(O)CNC(C)C)c23)cc1. The zero-order valence-corrected chi connectivity index (χ0v) is 17.6. The minimum absolute atomic E-state index is 0.161. The first-order valence-electron chi connectivity index (χ1n) is 9.94. The zero-order valence-electron chi connectivity index (χ0n) is 17.6. The third-order valence-corrected chi connectivity index (χ3v) is 4.70. The highest BCUT2D eigenvalue weighted by atomic mass is 16.5. The fourth-order valence-electron chi connectivity index (χ4n) is 3.14. The zero-order chi connectivity index (χ0) is 21.5. The van der Waals surface area contributed by atoms with Crippen LogP contribution in [-0.4, -0.2) is 47.7 Å². The van der Waals surface area contributed by atoms with Gasteiger partial charge in [-0.25, -0.2) is 5.84 Å². The number of nitrogen functional groups attached to an aromatic ring is 1. The van der Waals surface area contributed by atoms with Crippen molar-refractivity contribution in [2.75, 3.05) is 25.7 Å². The molecule has 1 unspecified atom stereocenters. The van der Waals surface area contributed by atoms with Crippen LogP contribution < -0.4 is 26.1 Å². The maximum atomic E-state index is 10.2. The van der Waals surface area contributed by atoms with Crippen molar-refractivity contribution in [3.05, 3.63) is 53.7 Å². The van der Waals surface area contributed by atoms with Gasteiger partial charge >= 0.3 is 0 Å². The molecule has 1 atom stereocenters. The number of aromatic nitrogens is 2. The maximum Gasteiger partial charge on any atom is 0.170 e. The van der Waals surface area contributed by atoms with Crippen molar-refractivity contribution >= 4 is 16.6 Å². The van der Waals surface area contributed by atoms with Crippen LogP contribution in [0, 0.1) is 0 Å². The minimum atomic E-state index is -0.630. The molecule has 0 aliphatic rings. The van der Waals surface area contributed by atoms with Crippen LogP contribution in [0.1, 0.15) is 25.1 Å². The van der Waals surface area contributed by atoms with Crippen molar-refractivity contribution in [1.29, 1.82) is 0 Å². The van der Waals surface area contributed by atoms with Crippen LogP contribution in [0.25, 0.3) is 10.8 Å². The van der Waals surface area contributed by atoms with Crippen molar-refractivity contribution in [2.24, 2.45) is 5.84 Å². The van der Waals surface area contributed by atoms with E-state index in [2.05, 4.69) is 20.9 Å². The third kappa shape index (κ3) is 5.35. The molecular weight excluding hydrogens is 382 g/mol. The third-order valence-electron chi connectivity index (χ3n) is 4.70. The molecule has 3 aromatic rings. The average Bonchev–Trinajstić information content (AvgIpc) is 2.76. The molecule has 0 aliphatic heterocycles. The summed E-state index contributed by atoms with van der Waals surface area (Å²) >= 11 is 0. The Hall–Kier alpha value is -2.94. The number of rotatable bonds is 10. The molecule has 0 amide bonds. The Kier molecular flexibility index (Phi) is 7.40. The van der Waals surface area contributed by atoms with Crippen LogP contribution in [0.15, 0.2) is 42.5 Å². The summed E-state index contributed by atoms with van der Waals surface area (Å²) < 4.78 is 11.2. The Balaban J connectivity index is 1.90. The van der Waals surface area contributed by atoms with Crippen LogP contribution in [0.3, 0.4) is 0 Å².